The van der Waals surface area contributed by atoms with E-state index in [1.165, 1.54) is 22.0 Å². The molecule has 0 radical (unpaired) electrons. The number of piperidine rings is 1. The number of fused-ring (bicyclic) bond motifs is 2. The summed E-state index contributed by atoms with van der Waals surface area (Å²) >= 11 is 0. The van der Waals surface area contributed by atoms with Gasteiger partial charge in [0.05, 0.1) is 0 Å². The summed E-state index contributed by atoms with van der Waals surface area (Å²) in [4.78, 5) is 20.4. The summed E-state index contributed by atoms with van der Waals surface area (Å²) in [6, 6.07) is 7.51. The Kier molecular flexibility index (Phi) is 3.52. The van der Waals surface area contributed by atoms with Gasteiger partial charge in [0, 0.05) is 54.7 Å². The molecule has 2 saturated heterocycles. The molecule has 0 saturated carbocycles. The van der Waals surface area contributed by atoms with E-state index in [0.717, 1.165) is 45.3 Å². The van der Waals surface area contributed by atoms with Crippen LogP contribution in [0.5, 0.6) is 0 Å². The van der Waals surface area contributed by atoms with Gasteiger partial charge in [0.25, 0.3) is 0 Å². The van der Waals surface area contributed by atoms with Crippen molar-refractivity contribution in [3.8, 4) is 0 Å². The predicted molar refractivity (Wildman–Crippen MR) is 98.9 cm³/mol. The molecule has 2 fully saturated rings. The molecule has 2 amide bonds. The fourth-order valence-corrected chi connectivity index (χ4v) is 5.23. The monoisotopic (exact) mass is 338 g/mol. The molecule has 3 aliphatic rings. The minimum absolute atomic E-state index is 0.130. The minimum atomic E-state index is 0.130. The van der Waals surface area contributed by atoms with E-state index in [1.54, 1.807) is 0 Å². The number of hydrogen-bond acceptors (Lipinski definition) is 2. The number of carbonyl (C=O) groups excluding carboxylic acids is 1. The van der Waals surface area contributed by atoms with Crippen LogP contribution >= 0.6 is 0 Å². The Bertz CT molecular complexity index is 807. The predicted octanol–water partition coefficient (Wildman–Crippen LogP) is 2.69. The number of amides is 2. The van der Waals surface area contributed by atoms with Crippen LogP contribution in [0.3, 0.4) is 0 Å². The molecule has 2 aliphatic heterocycles. The number of hydrogen-bond donors (Lipinski definition) is 2. The topological polar surface area (TPSA) is 51.4 Å². The number of likely N-dealkylation sites (tertiary alicyclic amines) is 2. The van der Waals surface area contributed by atoms with Crippen molar-refractivity contribution in [2.75, 3.05) is 26.7 Å². The zero-order chi connectivity index (χ0) is 17.0. The fourth-order valence-electron chi connectivity index (χ4n) is 5.23. The first-order valence-corrected chi connectivity index (χ1v) is 9.55. The molecule has 0 spiro atoms. The Morgan fingerprint density at radius 2 is 2.12 bits per heavy atom. The van der Waals surface area contributed by atoms with Gasteiger partial charge in [-0.05, 0) is 49.9 Å². The van der Waals surface area contributed by atoms with Crippen LogP contribution in [0.1, 0.15) is 36.3 Å². The standard InChI is InChI=1S/C20H26N4O/c1-23-12-14(22-20(25)24-7-2-3-8-24)10-16-15-5-4-6-17-19(15)13(11-21-17)9-18(16)23/h4-6,11,14,16,18,21H,2-3,7-10,12H2,1H3,(H,22,25)/t14-,16+,18+/m0/s1. The van der Waals surface area contributed by atoms with Crippen LogP contribution in [-0.2, 0) is 6.42 Å². The maximum absolute atomic E-state index is 12.5. The van der Waals surface area contributed by atoms with E-state index in [4.69, 9.17) is 0 Å². The number of aromatic amines is 1. The van der Waals surface area contributed by atoms with Crippen molar-refractivity contribution in [3.63, 3.8) is 0 Å². The fraction of sp³-hybridized carbons (Fsp3) is 0.550. The molecule has 0 unspecified atom stereocenters. The lowest BCUT2D eigenvalue weighted by Gasteiger charge is -2.45. The second kappa shape index (κ2) is 5.77. The quantitative estimate of drug-likeness (QED) is 0.840. The average molecular weight is 338 g/mol. The van der Waals surface area contributed by atoms with Crippen LogP contribution in [0, 0.1) is 0 Å². The van der Waals surface area contributed by atoms with Gasteiger partial charge in [-0.25, -0.2) is 4.79 Å². The smallest absolute Gasteiger partial charge is 0.317 e. The van der Waals surface area contributed by atoms with Gasteiger partial charge in [-0.1, -0.05) is 12.1 Å². The summed E-state index contributed by atoms with van der Waals surface area (Å²) in [7, 11) is 2.21. The highest BCUT2D eigenvalue weighted by molar-refractivity contribution is 5.88. The third kappa shape index (κ3) is 2.44. The summed E-state index contributed by atoms with van der Waals surface area (Å²) in [5.74, 6) is 0.495. The first-order valence-electron chi connectivity index (χ1n) is 9.55. The normalized spacial score (nSPS) is 29.0. The van der Waals surface area contributed by atoms with Crippen molar-refractivity contribution in [2.24, 2.45) is 0 Å². The summed E-state index contributed by atoms with van der Waals surface area (Å²) in [5, 5.41) is 4.73. The molecule has 5 rings (SSSR count). The van der Waals surface area contributed by atoms with Gasteiger partial charge in [-0.3, -0.25) is 0 Å². The highest BCUT2D eigenvalue weighted by Crippen LogP contribution is 2.42. The van der Waals surface area contributed by atoms with Crippen LogP contribution in [0.2, 0.25) is 0 Å². The van der Waals surface area contributed by atoms with E-state index in [0.29, 0.717) is 12.0 Å². The highest BCUT2D eigenvalue weighted by atomic mass is 16.2. The number of nitrogens with one attached hydrogen (secondary N) is 2. The number of H-pyrrole nitrogens is 1. The third-order valence-corrected chi connectivity index (χ3v) is 6.45. The van der Waals surface area contributed by atoms with Crippen molar-refractivity contribution < 1.29 is 4.79 Å². The molecule has 25 heavy (non-hydrogen) atoms. The molecule has 1 aromatic heterocycles. The van der Waals surface area contributed by atoms with Gasteiger partial charge in [0.15, 0.2) is 0 Å². The summed E-state index contributed by atoms with van der Waals surface area (Å²) < 4.78 is 0. The van der Waals surface area contributed by atoms with Crippen LogP contribution in [0.25, 0.3) is 10.9 Å². The molecule has 3 atom stereocenters. The number of carbonyl (C=O) groups is 1. The number of aromatic nitrogens is 1. The first kappa shape index (κ1) is 15.3. The van der Waals surface area contributed by atoms with Crippen LogP contribution < -0.4 is 5.32 Å². The van der Waals surface area contributed by atoms with Crippen molar-refractivity contribution >= 4 is 16.9 Å². The van der Waals surface area contributed by atoms with Crippen LogP contribution in [-0.4, -0.2) is 59.6 Å². The Labute approximate surface area is 148 Å². The van der Waals surface area contributed by atoms with Gasteiger partial charge in [-0.2, -0.15) is 0 Å². The molecule has 1 aliphatic carbocycles. The maximum Gasteiger partial charge on any atom is 0.317 e. The molecule has 2 aromatic rings. The second-order valence-corrected chi connectivity index (χ2v) is 7.98. The summed E-state index contributed by atoms with van der Waals surface area (Å²) in [6.45, 7) is 2.76. The van der Waals surface area contributed by atoms with Crippen molar-refractivity contribution in [1.82, 2.24) is 20.1 Å². The molecular weight excluding hydrogens is 312 g/mol. The Hall–Kier alpha value is -2.01. The average Bonchev–Trinajstić information content (AvgIpc) is 3.27. The number of likely N-dealkylation sites (N-methyl/N-ethyl adjacent to an activating group) is 1. The van der Waals surface area contributed by atoms with Gasteiger partial charge in [-0.15, -0.1) is 0 Å². The van der Waals surface area contributed by atoms with E-state index in [2.05, 4.69) is 46.6 Å². The van der Waals surface area contributed by atoms with Crippen molar-refractivity contribution in [3.05, 3.63) is 35.5 Å². The van der Waals surface area contributed by atoms with Crippen LogP contribution in [0.4, 0.5) is 4.79 Å². The van der Waals surface area contributed by atoms with E-state index < -0.39 is 0 Å². The lowest BCUT2D eigenvalue weighted by Crippen LogP contribution is -2.56. The second-order valence-electron chi connectivity index (χ2n) is 7.98. The Morgan fingerprint density at radius 3 is 2.96 bits per heavy atom. The largest absolute Gasteiger partial charge is 0.361 e. The van der Waals surface area contributed by atoms with E-state index >= 15 is 0 Å². The first-order chi connectivity index (χ1) is 12.2. The Balaban J connectivity index is 1.41. The molecule has 3 heterocycles. The molecule has 5 heteroatoms. The third-order valence-electron chi connectivity index (χ3n) is 6.45. The highest BCUT2D eigenvalue weighted by Gasteiger charge is 2.40. The molecule has 0 bridgehead atoms. The number of rotatable bonds is 1. The molecule has 5 nitrogen and oxygen atoms in total. The van der Waals surface area contributed by atoms with Gasteiger partial charge in [0.2, 0.25) is 0 Å². The lowest BCUT2D eigenvalue weighted by atomic mass is 9.74. The molecule has 132 valence electrons. The van der Waals surface area contributed by atoms with Gasteiger partial charge in [0.1, 0.15) is 0 Å². The van der Waals surface area contributed by atoms with Gasteiger partial charge < -0.3 is 20.1 Å². The summed E-state index contributed by atoms with van der Waals surface area (Å²) in [6.07, 6.45) is 6.60. The molecular formula is C20H26N4O. The van der Waals surface area contributed by atoms with Gasteiger partial charge >= 0.3 is 6.03 Å². The molecule has 1 aromatic carbocycles. The summed E-state index contributed by atoms with van der Waals surface area (Å²) in [5.41, 5.74) is 4.15. The minimum Gasteiger partial charge on any atom is -0.361 e. The van der Waals surface area contributed by atoms with E-state index in [1.807, 2.05) is 4.90 Å². The van der Waals surface area contributed by atoms with E-state index in [-0.39, 0.29) is 12.1 Å². The number of nitrogens with zero attached hydrogens (tertiary/aromatic N) is 2. The van der Waals surface area contributed by atoms with Crippen molar-refractivity contribution in [1.29, 1.82) is 0 Å². The zero-order valence-electron chi connectivity index (χ0n) is 14.8. The van der Waals surface area contributed by atoms with Crippen molar-refractivity contribution in [2.45, 2.75) is 43.7 Å². The number of benzene rings is 1. The van der Waals surface area contributed by atoms with E-state index in [9.17, 15) is 4.79 Å². The Morgan fingerprint density at radius 1 is 1.28 bits per heavy atom. The maximum atomic E-state index is 12.5. The SMILES string of the molecule is CN1C[C@@H](NC(=O)N2CCCC2)C[C@@H]2c3cccc4[nH]cc(c34)C[C@H]21. The lowest BCUT2D eigenvalue weighted by molar-refractivity contribution is 0.125. The van der Waals surface area contributed by atoms with Crippen LogP contribution in [0.15, 0.2) is 24.4 Å². The zero-order valence-corrected chi connectivity index (χ0v) is 14.8. The number of urea groups is 1. The molecule has 2 N–H and O–H groups in total.